The Hall–Kier alpha value is -1.77. The van der Waals surface area contributed by atoms with Crippen LogP contribution in [0.3, 0.4) is 0 Å². The maximum atomic E-state index is 8.36. The number of aromatic amines is 1. The molecule has 3 nitrogen and oxygen atoms in total. The fourth-order valence-corrected chi connectivity index (χ4v) is 1.31. The molecule has 2 rings (SSSR count). The Morgan fingerprint density at radius 2 is 2.14 bits per heavy atom. The van der Waals surface area contributed by atoms with Crippen LogP contribution >= 0.6 is 0 Å². The van der Waals surface area contributed by atoms with Gasteiger partial charge in [-0.3, -0.25) is 4.79 Å². The van der Waals surface area contributed by atoms with Crippen molar-refractivity contribution in [2.75, 3.05) is 0 Å². The fourth-order valence-electron chi connectivity index (χ4n) is 1.31. The van der Waals surface area contributed by atoms with Crippen molar-refractivity contribution in [3.63, 3.8) is 0 Å². The Labute approximate surface area is 82.4 Å². The lowest BCUT2D eigenvalue weighted by molar-refractivity contribution is -0.122. The predicted molar refractivity (Wildman–Crippen MR) is 56.4 cm³/mol. The molecule has 0 bridgehead atoms. The van der Waals surface area contributed by atoms with E-state index in [1.807, 2.05) is 6.20 Å². The molecule has 0 saturated heterocycles. The third kappa shape index (κ3) is 2.36. The van der Waals surface area contributed by atoms with E-state index in [1.165, 1.54) is 16.5 Å². The van der Waals surface area contributed by atoms with Crippen LogP contribution in [0.4, 0.5) is 0 Å². The number of fused-ring (bicyclic) bond motifs is 1. The topological polar surface area (TPSA) is 53.1 Å². The minimum atomic E-state index is -0.250. The Morgan fingerprint density at radius 1 is 1.43 bits per heavy atom. The summed E-state index contributed by atoms with van der Waals surface area (Å²) in [4.78, 5) is 11.6. The summed E-state index contributed by atoms with van der Waals surface area (Å²) in [5, 5.41) is 8.18. The summed E-state index contributed by atoms with van der Waals surface area (Å²) in [5.41, 5.74) is 2.63. The van der Waals surface area contributed by atoms with Crippen LogP contribution in [0.15, 0.2) is 30.5 Å². The minimum absolute atomic E-state index is 0.250. The number of carbonyl (C=O) groups is 1. The summed E-state index contributed by atoms with van der Waals surface area (Å²) in [6.45, 7) is 1.92. The van der Waals surface area contributed by atoms with Gasteiger partial charge < -0.3 is 10.1 Å². The number of hydrogen-bond donors (Lipinski definition) is 2. The first-order valence-corrected chi connectivity index (χ1v) is 4.45. The largest absolute Gasteiger partial charge is 0.483 e. The molecular formula is C11H13NO2. The number of aryl methyl sites for hydroxylation is 1. The van der Waals surface area contributed by atoms with Gasteiger partial charge in [-0.2, -0.15) is 0 Å². The van der Waals surface area contributed by atoms with Gasteiger partial charge in [0.2, 0.25) is 0 Å². The lowest BCUT2D eigenvalue weighted by Crippen LogP contribution is -1.77. The third-order valence-electron chi connectivity index (χ3n) is 2.03. The van der Waals surface area contributed by atoms with Crippen LogP contribution in [-0.4, -0.2) is 16.6 Å². The van der Waals surface area contributed by atoms with Crippen molar-refractivity contribution < 1.29 is 9.90 Å². The highest BCUT2D eigenvalue weighted by Crippen LogP contribution is 2.13. The second-order valence-corrected chi connectivity index (χ2v) is 2.86. The summed E-state index contributed by atoms with van der Waals surface area (Å²) >= 11 is 0. The van der Waals surface area contributed by atoms with E-state index in [-0.39, 0.29) is 6.47 Å². The molecule has 0 aliphatic carbocycles. The Morgan fingerprint density at radius 3 is 2.79 bits per heavy atom. The normalized spacial score (nSPS) is 9.21. The standard InChI is InChI=1S/C10H11N.CH2O2/c1-2-8-3-4-9-5-6-11-10(9)7-8;2-1-3/h3-7,11H,2H2,1H3;1H,(H,2,3). The molecule has 0 aliphatic heterocycles. The van der Waals surface area contributed by atoms with Gasteiger partial charge in [0, 0.05) is 11.7 Å². The molecule has 1 aromatic carbocycles. The number of carboxylic acid groups (broad SMARTS) is 1. The highest BCUT2D eigenvalue weighted by atomic mass is 16.3. The van der Waals surface area contributed by atoms with Crippen LogP contribution < -0.4 is 0 Å². The number of benzene rings is 1. The van der Waals surface area contributed by atoms with E-state index in [9.17, 15) is 0 Å². The second-order valence-electron chi connectivity index (χ2n) is 2.86. The molecule has 0 amide bonds. The maximum absolute atomic E-state index is 8.36. The molecule has 0 saturated carbocycles. The van der Waals surface area contributed by atoms with Crippen molar-refractivity contribution in [3.05, 3.63) is 36.0 Å². The van der Waals surface area contributed by atoms with Crippen LogP contribution in [0.5, 0.6) is 0 Å². The van der Waals surface area contributed by atoms with E-state index in [0.717, 1.165) is 6.42 Å². The van der Waals surface area contributed by atoms with Gasteiger partial charge in [0.15, 0.2) is 0 Å². The molecule has 0 spiro atoms. The lowest BCUT2D eigenvalue weighted by Gasteiger charge is -1.94. The smallest absolute Gasteiger partial charge is 0.290 e. The van der Waals surface area contributed by atoms with Crippen molar-refractivity contribution in [2.45, 2.75) is 13.3 Å². The summed E-state index contributed by atoms with van der Waals surface area (Å²) < 4.78 is 0. The molecule has 3 heteroatoms. The van der Waals surface area contributed by atoms with Crippen molar-refractivity contribution in [2.24, 2.45) is 0 Å². The second kappa shape index (κ2) is 5.07. The first-order valence-electron chi connectivity index (χ1n) is 4.45. The molecular weight excluding hydrogens is 178 g/mol. The Kier molecular flexibility index (Phi) is 3.73. The van der Waals surface area contributed by atoms with Gasteiger partial charge in [0.1, 0.15) is 0 Å². The molecule has 0 aliphatic rings. The highest BCUT2D eigenvalue weighted by Gasteiger charge is 1.93. The van der Waals surface area contributed by atoms with E-state index in [2.05, 4.69) is 36.2 Å². The van der Waals surface area contributed by atoms with Gasteiger partial charge >= 0.3 is 0 Å². The van der Waals surface area contributed by atoms with E-state index < -0.39 is 0 Å². The monoisotopic (exact) mass is 191 g/mol. The minimum Gasteiger partial charge on any atom is -0.483 e. The zero-order chi connectivity index (χ0) is 10.4. The number of rotatable bonds is 1. The third-order valence-corrected chi connectivity index (χ3v) is 2.03. The van der Waals surface area contributed by atoms with Crippen LogP contribution in [0.1, 0.15) is 12.5 Å². The first-order chi connectivity index (χ1) is 6.81. The van der Waals surface area contributed by atoms with Crippen molar-refractivity contribution >= 4 is 17.4 Å². The fraction of sp³-hybridized carbons (Fsp3) is 0.182. The van der Waals surface area contributed by atoms with Gasteiger partial charge in [-0.15, -0.1) is 0 Å². The van der Waals surface area contributed by atoms with E-state index >= 15 is 0 Å². The SMILES string of the molecule is CCc1ccc2cc[nH]c2c1.O=CO. The van der Waals surface area contributed by atoms with Crippen LogP contribution in [-0.2, 0) is 11.2 Å². The van der Waals surface area contributed by atoms with Gasteiger partial charge in [-0.25, -0.2) is 0 Å². The number of hydrogen-bond acceptors (Lipinski definition) is 1. The molecule has 2 N–H and O–H groups in total. The number of H-pyrrole nitrogens is 1. The van der Waals surface area contributed by atoms with Crippen LogP contribution in [0.2, 0.25) is 0 Å². The molecule has 14 heavy (non-hydrogen) atoms. The van der Waals surface area contributed by atoms with Crippen LogP contribution in [0.25, 0.3) is 10.9 Å². The predicted octanol–water partition coefficient (Wildman–Crippen LogP) is 2.43. The van der Waals surface area contributed by atoms with E-state index in [0.29, 0.717) is 0 Å². The molecule has 2 aromatic rings. The van der Waals surface area contributed by atoms with Gasteiger partial charge in [-0.05, 0) is 29.5 Å². The first kappa shape index (κ1) is 10.3. The Bertz CT molecular complexity index is 406. The molecule has 0 fully saturated rings. The number of nitrogens with one attached hydrogen (secondary N) is 1. The van der Waals surface area contributed by atoms with Crippen molar-refractivity contribution in [1.29, 1.82) is 0 Å². The number of aromatic nitrogens is 1. The quantitative estimate of drug-likeness (QED) is 0.680. The summed E-state index contributed by atoms with van der Waals surface area (Å²) in [7, 11) is 0. The molecule has 1 heterocycles. The molecule has 1 aromatic heterocycles. The van der Waals surface area contributed by atoms with Gasteiger partial charge in [0.05, 0.1) is 0 Å². The average molecular weight is 191 g/mol. The average Bonchev–Trinajstić information content (AvgIpc) is 2.65. The lowest BCUT2D eigenvalue weighted by atomic mass is 10.1. The van der Waals surface area contributed by atoms with E-state index in [1.54, 1.807) is 0 Å². The molecule has 0 radical (unpaired) electrons. The van der Waals surface area contributed by atoms with E-state index in [4.69, 9.17) is 9.90 Å². The van der Waals surface area contributed by atoms with Crippen molar-refractivity contribution in [1.82, 2.24) is 4.98 Å². The zero-order valence-corrected chi connectivity index (χ0v) is 8.03. The van der Waals surface area contributed by atoms with Crippen LogP contribution in [0, 0.1) is 0 Å². The molecule has 0 unspecified atom stereocenters. The summed E-state index contributed by atoms with van der Waals surface area (Å²) in [6, 6.07) is 8.63. The zero-order valence-electron chi connectivity index (χ0n) is 8.03. The maximum Gasteiger partial charge on any atom is 0.290 e. The van der Waals surface area contributed by atoms with Gasteiger partial charge in [0.25, 0.3) is 6.47 Å². The Balaban J connectivity index is 0.000000293. The van der Waals surface area contributed by atoms with Crippen molar-refractivity contribution in [3.8, 4) is 0 Å². The summed E-state index contributed by atoms with van der Waals surface area (Å²) in [6.07, 6.45) is 3.08. The molecule has 74 valence electrons. The van der Waals surface area contributed by atoms with Gasteiger partial charge in [-0.1, -0.05) is 19.1 Å². The summed E-state index contributed by atoms with van der Waals surface area (Å²) in [5.74, 6) is 0. The highest BCUT2D eigenvalue weighted by molar-refractivity contribution is 5.79. The molecule has 0 atom stereocenters.